The molecule has 2 aromatic rings. The quantitative estimate of drug-likeness (QED) is 0.631. The molecule has 2 aromatic carbocycles. The maximum absolute atomic E-state index is 13.4. The van der Waals surface area contributed by atoms with Gasteiger partial charge in [-0.25, -0.2) is 8.78 Å². The van der Waals surface area contributed by atoms with E-state index >= 15 is 0 Å². The van der Waals surface area contributed by atoms with E-state index in [2.05, 4.69) is 31.9 Å². The fourth-order valence-electron chi connectivity index (χ4n) is 2.67. The van der Waals surface area contributed by atoms with Crippen LogP contribution in [0.2, 0.25) is 0 Å². The molecule has 8 heteroatoms. The van der Waals surface area contributed by atoms with Gasteiger partial charge in [-0.1, -0.05) is 28.1 Å². The van der Waals surface area contributed by atoms with Gasteiger partial charge in [0.25, 0.3) is 5.91 Å². The van der Waals surface area contributed by atoms with Gasteiger partial charge in [-0.3, -0.25) is 4.79 Å². The molecule has 0 spiro atoms. The first-order chi connectivity index (χ1) is 12.3. The maximum atomic E-state index is 13.4. The number of hydrogen-bond acceptors (Lipinski definition) is 2. The number of hydrogen-bond donors (Lipinski definition) is 3. The molecule has 26 heavy (non-hydrogen) atoms. The Morgan fingerprint density at radius 2 is 1.85 bits per heavy atom. The highest BCUT2D eigenvalue weighted by atomic mass is 79.9. The van der Waals surface area contributed by atoms with Crippen LogP contribution in [0.15, 0.2) is 58.2 Å². The normalized spacial score (nSPS) is 16.8. The van der Waals surface area contributed by atoms with E-state index in [1.165, 1.54) is 6.07 Å². The summed E-state index contributed by atoms with van der Waals surface area (Å²) in [4.78, 5) is 12.8. The van der Waals surface area contributed by atoms with Crippen molar-refractivity contribution in [2.24, 2.45) is 0 Å². The van der Waals surface area contributed by atoms with E-state index in [9.17, 15) is 13.6 Å². The number of halogens is 3. The molecule has 0 bridgehead atoms. The molecule has 4 nitrogen and oxygen atoms in total. The lowest BCUT2D eigenvalue weighted by Gasteiger charge is -2.30. The lowest BCUT2D eigenvalue weighted by atomic mass is 9.95. The molecular formula is C18H14BrF2N3OS. The molecular weight excluding hydrogens is 424 g/mol. The Hall–Kier alpha value is -2.32. The zero-order valence-corrected chi connectivity index (χ0v) is 16.0. The summed E-state index contributed by atoms with van der Waals surface area (Å²) in [5.74, 6) is -2.44. The van der Waals surface area contributed by atoms with Crippen LogP contribution < -0.4 is 16.0 Å². The zero-order chi connectivity index (χ0) is 18.8. The van der Waals surface area contributed by atoms with Gasteiger partial charge in [0.2, 0.25) is 0 Å². The topological polar surface area (TPSA) is 53.2 Å². The van der Waals surface area contributed by atoms with E-state index in [-0.39, 0.29) is 5.69 Å². The van der Waals surface area contributed by atoms with E-state index in [0.29, 0.717) is 16.4 Å². The van der Waals surface area contributed by atoms with Gasteiger partial charge in [-0.15, -0.1) is 0 Å². The summed E-state index contributed by atoms with van der Waals surface area (Å²) in [5.41, 5.74) is 2.00. The zero-order valence-electron chi connectivity index (χ0n) is 13.6. The highest BCUT2D eigenvalue weighted by Crippen LogP contribution is 2.29. The number of carbonyl (C=O) groups excluding carboxylic acids is 1. The first kappa shape index (κ1) is 18.5. The second kappa shape index (κ2) is 7.51. The molecule has 1 aliphatic rings. The monoisotopic (exact) mass is 437 g/mol. The van der Waals surface area contributed by atoms with Gasteiger partial charge in [0, 0.05) is 21.9 Å². The van der Waals surface area contributed by atoms with Gasteiger partial charge in [0.05, 0.1) is 11.6 Å². The molecule has 1 heterocycles. The third-order valence-electron chi connectivity index (χ3n) is 3.89. The molecule has 3 rings (SSSR count). The average molecular weight is 438 g/mol. The van der Waals surface area contributed by atoms with Gasteiger partial charge < -0.3 is 16.0 Å². The van der Waals surface area contributed by atoms with E-state index in [0.717, 1.165) is 22.2 Å². The van der Waals surface area contributed by atoms with E-state index in [4.69, 9.17) is 12.2 Å². The number of thiocarbonyl (C=S) groups is 1. The van der Waals surface area contributed by atoms with Crippen molar-refractivity contribution in [3.8, 4) is 0 Å². The molecule has 134 valence electrons. The van der Waals surface area contributed by atoms with Crippen LogP contribution in [0, 0.1) is 11.6 Å². The van der Waals surface area contributed by atoms with Crippen LogP contribution in [0.5, 0.6) is 0 Å². The van der Waals surface area contributed by atoms with Crippen LogP contribution in [0.1, 0.15) is 18.5 Å². The van der Waals surface area contributed by atoms with Gasteiger partial charge in [-0.05, 0) is 49.0 Å². The summed E-state index contributed by atoms with van der Waals surface area (Å²) in [6, 6.07) is 10.2. The molecule has 1 aliphatic heterocycles. The predicted molar refractivity (Wildman–Crippen MR) is 103 cm³/mol. The fourth-order valence-corrected chi connectivity index (χ4v) is 3.21. The summed E-state index contributed by atoms with van der Waals surface area (Å²) >= 11 is 8.58. The molecule has 0 aliphatic carbocycles. The lowest BCUT2D eigenvalue weighted by molar-refractivity contribution is -0.113. The number of carbonyl (C=O) groups is 1. The molecule has 0 unspecified atom stereocenters. The number of allylic oxidation sites excluding steroid dienone is 1. The van der Waals surface area contributed by atoms with Crippen LogP contribution >= 0.6 is 28.1 Å². The van der Waals surface area contributed by atoms with Crippen LogP contribution in [0.4, 0.5) is 14.5 Å². The summed E-state index contributed by atoms with van der Waals surface area (Å²) < 4.78 is 27.4. The minimum Gasteiger partial charge on any atom is -0.351 e. The number of anilines is 1. The summed E-state index contributed by atoms with van der Waals surface area (Å²) in [7, 11) is 0. The number of rotatable bonds is 3. The van der Waals surface area contributed by atoms with Gasteiger partial charge in [0.15, 0.2) is 16.7 Å². The molecule has 0 aromatic heterocycles. The Labute approximate surface area is 162 Å². The van der Waals surface area contributed by atoms with Crippen LogP contribution in [-0.4, -0.2) is 11.0 Å². The molecule has 1 atom stereocenters. The van der Waals surface area contributed by atoms with Gasteiger partial charge >= 0.3 is 0 Å². The Kier molecular flexibility index (Phi) is 5.33. The summed E-state index contributed by atoms with van der Waals surface area (Å²) in [6.07, 6.45) is 0. The Morgan fingerprint density at radius 3 is 2.50 bits per heavy atom. The molecule has 0 fully saturated rings. The molecule has 1 amide bonds. The van der Waals surface area contributed by atoms with Crippen molar-refractivity contribution in [1.82, 2.24) is 10.6 Å². The van der Waals surface area contributed by atoms with E-state index in [1.807, 2.05) is 24.3 Å². The first-order valence-electron chi connectivity index (χ1n) is 7.65. The third-order valence-corrected chi connectivity index (χ3v) is 4.64. The summed E-state index contributed by atoms with van der Waals surface area (Å²) in [5, 5.41) is 9.00. The van der Waals surface area contributed by atoms with Crippen LogP contribution in [0.25, 0.3) is 0 Å². The molecule has 0 radical (unpaired) electrons. The smallest absolute Gasteiger partial charge is 0.255 e. The first-order valence-corrected chi connectivity index (χ1v) is 8.85. The Bertz CT molecular complexity index is 915. The number of amides is 1. The predicted octanol–water partition coefficient (Wildman–Crippen LogP) is 4.16. The minimum absolute atomic E-state index is 0.164. The van der Waals surface area contributed by atoms with E-state index in [1.54, 1.807) is 6.92 Å². The standard InChI is InChI=1S/C18H14BrF2N3OS/c1-9-15(17(25)23-12-6-7-13(20)14(21)8-12)16(24-18(26)22-9)10-2-4-11(19)5-3-10/h2-8,16H,1H3,(H,23,25)(H2,22,24,26)/t16-/m0/s1. The van der Waals surface area contributed by atoms with Crippen molar-refractivity contribution < 1.29 is 13.6 Å². The maximum Gasteiger partial charge on any atom is 0.255 e. The average Bonchev–Trinajstić information content (AvgIpc) is 2.58. The number of nitrogens with one attached hydrogen (secondary N) is 3. The van der Waals surface area contributed by atoms with Gasteiger partial charge in [-0.2, -0.15) is 0 Å². The summed E-state index contributed by atoms with van der Waals surface area (Å²) in [6.45, 7) is 1.74. The van der Waals surface area contributed by atoms with Crippen molar-refractivity contribution in [2.45, 2.75) is 13.0 Å². The second-order valence-electron chi connectivity index (χ2n) is 5.70. The van der Waals surface area contributed by atoms with Crippen molar-refractivity contribution in [1.29, 1.82) is 0 Å². The highest BCUT2D eigenvalue weighted by Gasteiger charge is 2.30. The SMILES string of the molecule is CC1=C(C(=O)Nc2ccc(F)c(F)c2)[C@H](c2ccc(Br)cc2)NC(=S)N1. The van der Waals surface area contributed by atoms with Gasteiger partial charge in [0.1, 0.15) is 0 Å². The Balaban J connectivity index is 1.93. The lowest BCUT2D eigenvalue weighted by Crippen LogP contribution is -2.45. The van der Waals surface area contributed by atoms with Crippen molar-refractivity contribution in [3.63, 3.8) is 0 Å². The fraction of sp³-hybridized carbons (Fsp3) is 0.111. The Morgan fingerprint density at radius 1 is 1.15 bits per heavy atom. The highest BCUT2D eigenvalue weighted by molar-refractivity contribution is 9.10. The third kappa shape index (κ3) is 3.91. The molecule has 0 saturated heterocycles. The molecule has 0 saturated carbocycles. The van der Waals surface area contributed by atoms with Crippen molar-refractivity contribution >= 4 is 44.9 Å². The van der Waals surface area contributed by atoms with Crippen molar-refractivity contribution in [3.05, 3.63) is 75.4 Å². The second-order valence-corrected chi connectivity index (χ2v) is 7.03. The molecule has 3 N–H and O–H groups in total. The van der Waals surface area contributed by atoms with Crippen LogP contribution in [0.3, 0.4) is 0 Å². The largest absolute Gasteiger partial charge is 0.351 e. The van der Waals surface area contributed by atoms with Crippen LogP contribution in [-0.2, 0) is 4.79 Å². The number of benzene rings is 2. The minimum atomic E-state index is -1.03. The van der Waals surface area contributed by atoms with E-state index < -0.39 is 23.6 Å². The van der Waals surface area contributed by atoms with Crippen molar-refractivity contribution in [2.75, 3.05) is 5.32 Å².